The van der Waals surface area contributed by atoms with Gasteiger partial charge in [0, 0.05) is 29.7 Å². The summed E-state index contributed by atoms with van der Waals surface area (Å²) in [6, 6.07) is 15.5. The van der Waals surface area contributed by atoms with Gasteiger partial charge in [-0.05, 0) is 30.7 Å². The summed E-state index contributed by atoms with van der Waals surface area (Å²) in [7, 11) is 1.59. The van der Waals surface area contributed by atoms with Gasteiger partial charge in [0.2, 0.25) is 11.8 Å². The van der Waals surface area contributed by atoms with Gasteiger partial charge in [-0.1, -0.05) is 31.2 Å². The van der Waals surface area contributed by atoms with E-state index in [4.69, 9.17) is 4.74 Å². The molecule has 0 aliphatic carbocycles. The Morgan fingerprint density at radius 2 is 1.82 bits per heavy atom. The molecule has 1 fully saturated rings. The first-order valence-electron chi connectivity index (χ1n) is 9.59. The van der Waals surface area contributed by atoms with E-state index in [1.807, 2.05) is 59.1 Å². The molecule has 2 heterocycles. The van der Waals surface area contributed by atoms with Crippen LogP contribution in [0.2, 0.25) is 0 Å². The Hall–Kier alpha value is -2.47. The molecule has 0 radical (unpaired) electrons. The first-order chi connectivity index (χ1) is 13.6. The molecule has 4 rings (SSSR count). The van der Waals surface area contributed by atoms with Gasteiger partial charge in [0.25, 0.3) is 0 Å². The van der Waals surface area contributed by atoms with Crippen LogP contribution in [-0.4, -0.2) is 37.3 Å². The first-order valence-corrected chi connectivity index (χ1v) is 10.5. The predicted molar refractivity (Wildman–Crippen MR) is 112 cm³/mol. The van der Waals surface area contributed by atoms with Crippen molar-refractivity contribution < 1.29 is 14.3 Å². The Morgan fingerprint density at radius 1 is 1.11 bits per heavy atom. The molecule has 0 saturated carbocycles. The number of thioether (sulfide) groups is 1. The molecule has 2 aromatic rings. The van der Waals surface area contributed by atoms with Gasteiger partial charge < -0.3 is 14.5 Å². The average molecular weight is 397 g/mol. The largest absolute Gasteiger partial charge is 0.495 e. The number of methoxy groups -OCH3 is 1. The van der Waals surface area contributed by atoms with Crippen molar-refractivity contribution in [1.82, 2.24) is 0 Å². The number of ether oxygens (including phenoxy) is 1. The van der Waals surface area contributed by atoms with Gasteiger partial charge in [0.15, 0.2) is 0 Å². The molecule has 0 N–H and O–H groups in total. The molecule has 28 heavy (non-hydrogen) atoms. The molecule has 146 valence electrons. The van der Waals surface area contributed by atoms with Gasteiger partial charge in [0.1, 0.15) is 5.75 Å². The van der Waals surface area contributed by atoms with Gasteiger partial charge in [0.05, 0.1) is 24.4 Å². The monoisotopic (exact) mass is 396 g/mol. The van der Waals surface area contributed by atoms with Crippen LogP contribution in [0.4, 0.5) is 11.4 Å². The third-order valence-electron chi connectivity index (χ3n) is 5.36. The Kier molecular flexibility index (Phi) is 5.31. The van der Waals surface area contributed by atoms with Crippen LogP contribution in [0.25, 0.3) is 0 Å². The van der Waals surface area contributed by atoms with Gasteiger partial charge in [-0.25, -0.2) is 0 Å². The maximum absolute atomic E-state index is 13.4. The molecule has 2 aliphatic heterocycles. The number of rotatable bonds is 3. The summed E-state index contributed by atoms with van der Waals surface area (Å²) >= 11 is 1.81. The zero-order valence-electron chi connectivity index (χ0n) is 16.1. The van der Waals surface area contributed by atoms with Gasteiger partial charge >= 0.3 is 0 Å². The molecule has 0 aromatic heterocycles. The van der Waals surface area contributed by atoms with Crippen LogP contribution in [0, 0.1) is 5.92 Å². The molecule has 2 aliphatic rings. The maximum atomic E-state index is 13.4. The predicted octanol–water partition coefficient (Wildman–Crippen LogP) is 3.97. The highest BCUT2D eigenvalue weighted by atomic mass is 32.2. The smallest absolute Gasteiger partial charge is 0.232 e. The molecule has 2 unspecified atom stereocenters. The van der Waals surface area contributed by atoms with E-state index in [0.717, 1.165) is 22.7 Å². The Labute approximate surface area is 169 Å². The summed E-state index contributed by atoms with van der Waals surface area (Å²) in [5.41, 5.74) is 1.69. The molecule has 2 amide bonds. The van der Waals surface area contributed by atoms with Gasteiger partial charge in [-0.3, -0.25) is 9.59 Å². The van der Waals surface area contributed by atoms with Gasteiger partial charge in [-0.15, -0.1) is 11.8 Å². The fraction of sp³-hybridized carbons (Fsp3) is 0.364. The second kappa shape index (κ2) is 7.87. The van der Waals surface area contributed by atoms with Crippen LogP contribution in [0.3, 0.4) is 0 Å². The molecule has 1 saturated heterocycles. The maximum Gasteiger partial charge on any atom is 0.232 e. The number of carbonyl (C=O) groups excluding carboxylic acids is 2. The number of nitrogens with zero attached hydrogens (tertiary/aromatic N) is 2. The fourth-order valence-corrected chi connectivity index (χ4v) is 5.01. The van der Waals surface area contributed by atoms with E-state index >= 15 is 0 Å². The number of para-hydroxylation sites is 3. The second-order valence-corrected chi connectivity index (χ2v) is 8.73. The van der Waals surface area contributed by atoms with E-state index in [1.165, 1.54) is 0 Å². The third-order valence-corrected chi connectivity index (χ3v) is 6.60. The minimum Gasteiger partial charge on any atom is -0.495 e. The topological polar surface area (TPSA) is 49.9 Å². The second-order valence-electron chi connectivity index (χ2n) is 7.25. The number of anilines is 2. The third kappa shape index (κ3) is 3.49. The normalized spacial score (nSPS) is 22.0. The minimum absolute atomic E-state index is 0.0336. The summed E-state index contributed by atoms with van der Waals surface area (Å²) in [5.74, 6) is 0.305. The van der Waals surface area contributed by atoms with Crippen LogP contribution in [-0.2, 0) is 9.59 Å². The molecule has 0 bridgehead atoms. The molecular formula is C22H24N2O3S. The summed E-state index contributed by atoms with van der Waals surface area (Å²) in [6.45, 7) is 3.26. The standard InChI is InChI=1S/C22H24N2O3S/c1-15-11-12-23(18-8-4-6-10-20(18)28-15)22(26)16-13-21(25)24(14-16)17-7-3-5-9-19(17)27-2/h3-10,15-16H,11-14H2,1-2H3. The van der Waals surface area contributed by atoms with Crippen molar-refractivity contribution in [2.24, 2.45) is 5.92 Å². The van der Waals surface area contributed by atoms with Crippen molar-refractivity contribution in [1.29, 1.82) is 0 Å². The molecular weight excluding hydrogens is 372 g/mol. The van der Waals surface area contributed by atoms with E-state index in [9.17, 15) is 9.59 Å². The van der Waals surface area contributed by atoms with Crippen molar-refractivity contribution in [2.45, 2.75) is 29.9 Å². The quantitative estimate of drug-likeness (QED) is 0.788. The average Bonchev–Trinajstić information content (AvgIpc) is 3.01. The highest BCUT2D eigenvalue weighted by Gasteiger charge is 2.39. The number of benzene rings is 2. The van der Waals surface area contributed by atoms with Crippen LogP contribution < -0.4 is 14.5 Å². The lowest BCUT2D eigenvalue weighted by Gasteiger charge is -2.25. The Bertz CT molecular complexity index is 901. The number of carbonyl (C=O) groups is 2. The fourth-order valence-electron chi connectivity index (χ4n) is 3.89. The van der Waals surface area contributed by atoms with E-state index < -0.39 is 0 Å². The summed E-state index contributed by atoms with van der Waals surface area (Å²) < 4.78 is 5.40. The van der Waals surface area contributed by atoms with E-state index in [1.54, 1.807) is 12.0 Å². The lowest BCUT2D eigenvalue weighted by molar-refractivity contribution is -0.124. The number of hydrogen-bond donors (Lipinski definition) is 0. The SMILES string of the molecule is COc1ccccc1N1CC(C(=O)N2CCC(C)Sc3ccccc32)CC1=O. The van der Waals surface area contributed by atoms with Gasteiger partial charge in [-0.2, -0.15) is 0 Å². The highest BCUT2D eigenvalue weighted by Crippen LogP contribution is 2.39. The van der Waals surface area contributed by atoms with Crippen LogP contribution in [0.5, 0.6) is 5.75 Å². The Morgan fingerprint density at radius 3 is 2.61 bits per heavy atom. The molecule has 2 aromatic carbocycles. The highest BCUT2D eigenvalue weighted by molar-refractivity contribution is 8.00. The van der Waals surface area contributed by atoms with Crippen molar-refractivity contribution in [3.8, 4) is 5.75 Å². The number of hydrogen-bond acceptors (Lipinski definition) is 4. The molecule has 6 heteroatoms. The molecule has 2 atom stereocenters. The number of fused-ring (bicyclic) bond motifs is 1. The van der Waals surface area contributed by atoms with Crippen molar-refractivity contribution >= 4 is 35.0 Å². The molecule has 5 nitrogen and oxygen atoms in total. The summed E-state index contributed by atoms with van der Waals surface area (Å²) in [6.07, 6.45) is 1.17. The van der Waals surface area contributed by atoms with E-state index in [-0.39, 0.29) is 24.2 Å². The zero-order chi connectivity index (χ0) is 19.7. The minimum atomic E-state index is -0.344. The lowest BCUT2D eigenvalue weighted by atomic mass is 10.1. The van der Waals surface area contributed by atoms with Crippen LogP contribution in [0.15, 0.2) is 53.4 Å². The van der Waals surface area contributed by atoms with E-state index in [2.05, 4.69) is 13.0 Å². The van der Waals surface area contributed by atoms with Crippen LogP contribution >= 0.6 is 11.8 Å². The summed E-state index contributed by atoms with van der Waals surface area (Å²) in [5, 5.41) is 0.453. The zero-order valence-corrected chi connectivity index (χ0v) is 16.9. The van der Waals surface area contributed by atoms with Crippen molar-refractivity contribution in [3.05, 3.63) is 48.5 Å². The number of amides is 2. The van der Waals surface area contributed by atoms with Crippen molar-refractivity contribution in [3.63, 3.8) is 0 Å². The molecule has 0 spiro atoms. The lowest BCUT2D eigenvalue weighted by Crippen LogP contribution is -2.38. The first kappa shape index (κ1) is 18.9. The Balaban J connectivity index is 1.59. The van der Waals surface area contributed by atoms with Crippen LogP contribution in [0.1, 0.15) is 19.8 Å². The summed E-state index contributed by atoms with van der Waals surface area (Å²) in [4.78, 5) is 30.8. The van der Waals surface area contributed by atoms with Crippen molar-refractivity contribution in [2.75, 3.05) is 30.0 Å². The van der Waals surface area contributed by atoms with E-state index in [0.29, 0.717) is 24.1 Å².